The highest BCUT2D eigenvalue weighted by molar-refractivity contribution is 5.28. The van der Waals surface area contributed by atoms with E-state index in [0.717, 1.165) is 0 Å². The summed E-state index contributed by atoms with van der Waals surface area (Å²) in [5.41, 5.74) is 1.89. The molecule has 1 heteroatoms. The lowest BCUT2D eigenvalue weighted by atomic mass is 9.76. The molecule has 0 aliphatic carbocycles. The predicted octanol–water partition coefficient (Wildman–Crippen LogP) is 1.89. The second-order valence-electron chi connectivity index (χ2n) is 4.10. The number of rotatable bonds is 1. The molecule has 0 N–H and O–H groups in total. The molecule has 12 heavy (non-hydrogen) atoms. The fourth-order valence-electron chi connectivity index (χ4n) is 2.17. The largest absolute Gasteiger partial charge is 0.305 e. The average molecular weight is 161 g/mol. The van der Waals surface area contributed by atoms with Crippen molar-refractivity contribution < 1.29 is 0 Å². The summed E-state index contributed by atoms with van der Waals surface area (Å²) in [7, 11) is 2.17. The van der Waals surface area contributed by atoms with Crippen molar-refractivity contribution in [2.45, 2.75) is 12.3 Å². The van der Waals surface area contributed by atoms with Gasteiger partial charge in [-0.15, -0.1) is 0 Å². The summed E-state index contributed by atoms with van der Waals surface area (Å²) >= 11 is 0. The van der Waals surface area contributed by atoms with Gasteiger partial charge in [0.1, 0.15) is 0 Å². The molecule has 0 spiro atoms. The second kappa shape index (κ2) is 2.60. The van der Waals surface area contributed by atoms with E-state index in [4.69, 9.17) is 0 Å². The molecule has 0 unspecified atom stereocenters. The van der Waals surface area contributed by atoms with E-state index in [1.807, 2.05) is 0 Å². The normalized spacial score (nSPS) is 21.8. The van der Waals surface area contributed by atoms with Crippen molar-refractivity contribution >= 4 is 0 Å². The Morgan fingerprint density at radius 2 is 1.75 bits per heavy atom. The van der Waals surface area contributed by atoms with E-state index in [0.29, 0.717) is 5.41 Å². The Kier molecular flexibility index (Phi) is 1.69. The number of hydrogen-bond acceptors (Lipinski definition) is 1. The molecule has 64 valence electrons. The van der Waals surface area contributed by atoms with E-state index >= 15 is 0 Å². The van der Waals surface area contributed by atoms with Crippen LogP contribution in [-0.2, 0) is 5.41 Å². The molecule has 1 aromatic rings. The van der Waals surface area contributed by atoms with Gasteiger partial charge in [0, 0.05) is 18.5 Å². The predicted molar refractivity (Wildman–Crippen MR) is 51.3 cm³/mol. The average Bonchev–Trinajstić information content (AvgIpc) is 2.04. The van der Waals surface area contributed by atoms with Gasteiger partial charge in [0.2, 0.25) is 0 Å². The highest BCUT2D eigenvalue weighted by atomic mass is 15.2. The lowest BCUT2D eigenvalue weighted by molar-refractivity contribution is 0.109. The van der Waals surface area contributed by atoms with Crippen LogP contribution in [0.5, 0.6) is 0 Å². The van der Waals surface area contributed by atoms with Gasteiger partial charge in [-0.25, -0.2) is 0 Å². The zero-order valence-corrected chi connectivity index (χ0v) is 7.75. The van der Waals surface area contributed by atoms with Crippen molar-refractivity contribution in [3.63, 3.8) is 0 Å². The van der Waals surface area contributed by atoms with Crippen molar-refractivity contribution in [3.8, 4) is 0 Å². The molecule has 1 saturated heterocycles. The molecule has 0 radical (unpaired) electrons. The number of nitrogens with zero attached hydrogens (tertiary/aromatic N) is 1. The fraction of sp³-hybridized carbons (Fsp3) is 0.455. The lowest BCUT2D eigenvalue weighted by Crippen LogP contribution is -2.55. The van der Waals surface area contributed by atoms with Crippen LogP contribution in [0.1, 0.15) is 12.5 Å². The number of benzene rings is 1. The summed E-state index contributed by atoms with van der Waals surface area (Å²) in [6.45, 7) is 4.72. The lowest BCUT2D eigenvalue weighted by Gasteiger charge is -2.46. The molecule has 0 saturated carbocycles. The summed E-state index contributed by atoms with van der Waals surface area (Å²) in [6, 6.07) is 10.8. The van der Waals surface area contributed by atoms with E-state index < -0.39 is 0 Å². The van der Waals surface area contributed by atoms with E-state index in [9.17, 15) is 0 Å². The topological polar surface area (TPSA) is 3.24 Å². The van der Waals surface area contributed by atoms with Crippen LogP contribution >= 0.6 is 0 Å². The number of hydrogen-bond donors (Lipinski definition) is 0. The zero-order valence-electron chi connectivity index (χ0n) is 7.75. The van der Waals surface area contributed by atoms with Gasteiger partial charge in [0.15, 0.2) is 0 Å². The molecule has 2 rings (SSSR count). The Morgan fingerprint density at radius 1 is 1.17 bits per heavy atom. The molecule has 1 heterocycles. The van der Waals surface area contributed by atoms with Gasteiger partial charge in [-0.2, -0.15) is 0 Å². The van der Waals surface area contributed by atoms with Crippen LogP contribution in [0.15, 0.2) is 30.3 Å². The maximum atomic E-state index is 2.35. The number of likely N-dealkylation sites (tertiary alicyclic amines) is 1. The molecular weight excluding hydrogens is 146 g/mol. The van der Waals surface area contributed by atoms with Crippen molar-refractivity contribution in [2.24, 2.45) is 0 Å². The minimum Gasteiger partial charge on any atom is -0.305 e. The first-order chi connectivity index (χ1) is 5.71. The Balaban J connectivity index is 2.21. The first kappa shape index (κ1) is 7.81. The summed E-state index contributed by atoms with van der Waals surface area (Å²) < 4.78 is 0. The van der Waals surface area contributed by atoms with Gasteiger partial charge in [0.25, 0.3) is 0 Å². The molecule has 0 amide bonds. The number of likely N-dealkylation sites (N-methyl/N-ethyl adjacent to an activating group) is 1. The van der Waals surface area contributed by atoms with Crippen LogP contribution in [0.25, 0.3) is 0 Å². The van der Waals surface area contributed by atoms with Crippen molar-refractivity contribution in [2.75, 3.05) is 20.1 Å². The third-order valence-corrected chi connectivity index (χ3v) is 2.71. The maximum absolute atomic E-state index is 2.35. The minimum absolute atomic E-state index is 0.413. The molecule has 1 aromatic carbocycles. The molecule has 0 aromatic heterocycles. The minimum atomic E-state index is 0.413. The molecular formula is C11H15N. The van der Waals surface area contributed by atoms with Crippen molar-refractivity contribution in [1.29, 1.82) is 0 Å². The molecule has 0 atom stereocenters. The second-order valence-corrected chi connectivity index (χ2v) is 4.10. The van der Waals surface area contributed by atoms with Crippen molar-refractivity contribution in [3.05, 3.63) is 35.9 Å². The first-order valence-electron chi connectivity index (χ1n) is 4.45. The van der Waals surface area contributed by atoms with E-state index in [1.165, 1.54) is 18.7 Å². The van der Waals surface area contributed by atoms with E-state index in [-0.39, 0.29) is 0 Å². The Hall–Kier alpha value is -0.820. The fourth-order valence-corrected chi connectivity index (χ4v) is 2.17. The smallest absolute Gasteiger partial charge is 0.0179 e. The quantitative estimate of drug-likeness (QED) is 0.608. The standard InChI is InChI=1S/C11H15N/c1-11(8-12(2)9-11)10-6-4-3-5-7-10/h3-7H,8-9H2,1-2H3. The highest BCUT2D eigenvalue weighted by Gasteiger charge is 2.37. The Bertz CT molecular complexity index is 260. The highest BCUT2D eigenvalue weighted by Crippen LogP contribution is 2.32. The third-order valence-electron chi connectivity index (χ3n) is 2.71. The monoisotopic (exact) mass is 161 g/mol. The van der Waals surface area contributed by atoms with Gasteiger partial charge >= 0.3 is 0 Å². The molecule has 1 aliphatic rings. The first-order valence-corrected chi connectivity index (χ1v) is 4.45. The van der Waals surface area contributed by atoms with Crippen LogP contribution in [0.2, 0.25) is 0 Å². The third kappa shape index (κ3) is 1.14. The van der Waals surface area contributed by atoms with Crippen LogP contribution in [0, 0.1) is 0 Å². The van der Waals surface area contributed by atoms with Gasteiger partial charge in [-0.1, -0.05) is 37.3 Å². The molecule has 1 aliphatic heterocycles. The molecule has 1 fully saturated rings. The van der Waals surface area contributed by atoms with E-state index in [2.05, 4.69) is 49.2 Å². The zero-order chi connectivity index (χ0) is 8.60. The maximum Gasteiger partial charge on any atom is 0.0179 e. The van der Waals surface area contributed by atoms with Crippen LogP contribution in [-0.4, -0.2) is 25.0 Å². The van der Waals surface area contributed by atoms with Crippen LogP contribution in [0.3, 0.4) is 0 Å². The summed E-state index contributed by atoms with van der Waals surface area (Å²) in [5, 5.41) is 0. The van der Waals surface area contributed by atoms with Gasteiger partial charge in [0.05, 0.1) is 0 Å². The van der Waals surface area contributed by atoms with Gasteiger partial charge in [-0.3, -0.25) is 0 Å². The van der Waals surface area contributed by atoms with Crippen LogP contribution in [0.4, 0.5) is 0 Å². The van der Waals surface area contributed by atoms with E-state index in [1.54, 1.807) is 0 Å². The Morgan fingerprint density at radius 3 is 2.25 bits per heavy atom. The molecule has 1 nitrogen and oxygen atoms in total. The summed E-state index contributed by atoms with van der Waals surface area (Å²) in [6.07, 6.45) is 0. The Labute approximate surface area is 74.0 Å². The SMILES string of the molecule is CN1CC(C)(c2ccccc2)C1. The van der Waals surface area contributed by atoms with Gasteiger partial charge < -0.3 is 4.90 Å². The molecule has 0 bridgehead atoms. The summed E-state index contributed by atoms with van der Waals surface area (Å²) in [5.74, 6) is 0. The van der Waals surface area contributed by atoms with Crippen molar-refractivity contribution in [1.82, 2.24) is 4.90 Å². The van der Waals surface area contributed by atoms with Crippen LogP contribution < -0.4 is 0 Å². The van der Waals surface area contributed by atoms with Gasteiger partial charge in [-0.05, 0) is 12.6 Å². The summed E-state index contributed by atoms with van der Waals surface area (Å²) in [4.78, 5) is 2.35.